The number of hydrogen-bond donors (Lipinski definition) is 1. The van der Waals surface area contributed by atoms with E-state index in [9.17, 15) is 0 Å². The van der Waals surface area contributed by atoms with Gasteiger partial charge in [-0.3, -0.25) is 4.90 Å². The van der Waals surface area contributed by atoms with E-state index in [1.807, 2.05) is 0 Å². The van der Waals surface area contributed by atoms with Gasteiger partial charge in [0.05, 0.1) is 18.9 Å². The van der Waals surface area contributed by atoms with Crippen molar-refractivity contribution < 1.29 is 4.74 Å². The van der Waals surface area contributed by atoms with Crippen LogP contribution in [0.1, 0.15) is 24.0 Å². The monoisotopic (exact) mass is 241 g/mol. The third kappa shape index (κ3) is 2.79. The molecule has 0 aliphatic carbocycles. The maximum Gasteiger partial charge on any atom is 0.106 e. The lowest BCUT2D eigenvalue weighted by Crippen LogP contribution is -2.44. The summed E-state index contributed by atoms with van der Waals surface area (Å²) in [5, 5.41) is 3.14. The predicted octanol–water partition coefficient (Wildman–Crippen LogP) is 1.21. The molecule has 0 bridgehead atoms. The Bertz CT molecular complexity index is 329. The zero-order valence-electron chi connectivity index (χ0n) is 9.69. The Balaban J connectivity index is 1.96. The highest BCUT2D eigenvalue weighted by Crippen LogP contribution is 2.16. The van der Waals surface area contributed by atoms with E-state index >= 15 is 0 Å². The van der Waals surface area contributed by atoms with E-state index in [0.29, 0.717) is 12.6 Å². The van der Waals surface area contributed by atoms with Crippen LogP contribution in [0.4, 0.5) is 0 Å². The molecule has 1 unspecified atom stereocenters. The highest BCUT2D eigenvalue weighted by molar-refractivity contribution is 7.09. The first kappa shape index (κ1) is 12.0. The van der Waals surface area contributed by atoms with Crippen LogP contribution < -0.4 is 5.73 Å². The SMILES string of the molecule is CCC1COCCN1Cc1csc(CN)n1. The molecule has 1 aromatic rings. The number of rotatable bonds is 4. The van der Waals surface area contributed by atoms with Crippen molar-refractivity contribution in [1.29, 1.82) is 0 Å². The second-order valence-corrected chi connectivity index (χ2v) is 4.99. The Morgan fingerprint density at radius 3 is 3.25 bits per heavy atom. The minimum absolute atomic E-state index is 0.539. The topological polar surface area (TPSA) is 51.4 Å². The second kappa shape index (κ2) is 5.72. The number of ether oxygens (including phenoxy) is 1. The molecule has 16 heavy (non-hydrogen) atoms. The van der Waals surface area contributed by atoms with Crippen molar-refractivity contribution in [3.05, 3.63) is 16.1 Å². The number of aromatic nitrogens is 1. The van der Waals surface area contributed by atoms with Crippen LogP contribution in [0.25, 0.3) is 0 Å². The van der Waals surface area contributed by atoms with Crippen molar-refractivity contribution in [3.8, 4) is 0 Å². The molecular formula is C11H19N3OS. The molecule has 1 aliphatic rings. The van der Waals surface area contributed by atoms with Gasteiger partial charge in [-0.1, -0.05) is 6.92 Å². The van der Waals surface area contributed by atoms with Crippen LogP contribution in [0.3, 0.4) is 0 Å². The Hall–Kier alpha value is -0.490. The average molecular weight is 241 g/mol. The fraction of sp³-hybridized carbons (Fsp3) is 0.727. The first-order valence-electron chi connectivity index (χ1n) is 5.78. The zero-order chi connectivity index (χ0) is 11.4. The van der Waals surface area contributed by atoms with Gasteiger partial charge in [0, 0.05) is 31.1 Å². The number of thiazole rings is 1. The molecule has 0 spiro atoms. The molecule has 0 radical (unpaired) electrons. The molecule has 0 amide bonds. The van der Waals surface area contributed by atoms with Gasteiger partial charge in [-0.15, -0.1) is 11.3 Å². The molecule has 5 heteroatoms. The van der Waals surface area contributed by atoms with Crippen LogP contribution in [0.2, 0.25) is 0 Å². The van der Waals surface area contributed by atoms with Gasteiger partial charge in [0.15, 0.2) is 0 Å². The lowest BCUT2D eigenvalue weighted by Gasteiger charge is -2.34. The van der Waals surface area contributed by atoms with Crippen molar-refractivity contribution in [2.24, 2.45) is 5.73 Å². The van der Waals surface area contributed by atoms with E-state index in [1.54, 1.807) is 11.3 Å². The summed E-state index contributed by atoms with van der Waals surface area (Å²) >= 11 is 1.65. The third-order valence-corrected chi connectivity index (χ3v) is 3.88. The van der Waals surface area contributed by atoms with Crippen molar-refractivity contribution >= 4 is 11.3 Å². The Labute approximate surface area is 100 Å². The molecule has 0 aromatic carbocycles. The zero-order valence-corrected chi connectivity index (χ0v) is 10.5. The van der Waals surface area contributed by atoms with Crippen LogP contribution in [-0.4, -0.2) is 35.7 Å². The first-order valence-corrected chi connectivity index (χ1v) is 6.66. The normalized spacial score (nSPS) is 22.5. The smallest absolute Gasteiger partial charge is 0.106 e. The fourth-order valence-electron chi connectivity index (χ4n) is 2.00. The Morgan fingerprint density at radius 2 is 2.56 bits per heavy atom. The van der Waals surface area contributed by atoms with Crippen LogP contribution >= 0.6 is 11.3 Å². The summed E-state index contributed by atoms with van der Waals surface area (Å²) in [6.45, 7) is 6.38. The van der Waals surface area contributed by atoms with Crippen molar-refractivity contribution in [1.82, 2.24) is 9.88 Å². The van der Waals surface area contributed by atoms with Gasteiger partial charge in [0.1, 0.15) is 5.01 Å². The average Bonchev–Trinajstić information content (AvgIpc) is 2.77. The second-order valence-electron chi connectivity index (χ2n) is 4.04. The standard InChI is InChI=1S/C11H19N3OS/c1-2-10-7-15-4-3-14(10)6-9-8-16-11(5-12)13-9/h8,10H,2-7,12H2,1H3. The van der Waals surface area contributed by atoms with Gasteiger partial charge in [-0.05, 0) is 6.42 Å². The van der Waals surface area contributed by atoms with Gasteiger partial charge < -0.3 is 10.5 Å². The quantitative estimate of drug-likeness (QED) is 0.861. The van der Waals surface area contributed by atoms with Gasteiger partial charge in [-0.2, -0.15) is 0 Å². The van der Waals surface area contributed by atoms with Crippen molar-refractivity contribution in [2.75, 3.05) is 19.8 Å². The minimum atomic E-state index is 0.539. The molecule has 1 saturated heterocycles. The minimum Gasteiger partial charge on any atom is -0.378 e. The molecule has 2 heterocycles. The molecule has 1 atom stereocenters. The molecule has 1 aliphatic heterocycles. The number of nitrogens with two attached hydrogens (primary N) is 1. The van der Waals surface area contributed by atoms with E-state index in [1.165, 1.54) is 0 Å². The van der Waals surface area contributed by atoms with E-state index in [4.69, 9.17) is 10.5 Å². The predicted molar refractivity (Wildman–Crippen MR) is 65.3 cm³/mol. The number of nitrogens with zero attached hydrogens (tertiary/aromatic N) is 2. The molecular weight excluding hydrogens is 222 g/mol. The molecule has 1 fully saturated rings. The maximum absolute atomic E-state index is 5.56. The lowest BCUT2D eigenvalue weighted by atomic mass is 10.1. The van der Waals surface area contributed by atoms with Gasteiger partial charge >= 0.3 is 0 Å². The van der Waals surface area contributed by atoms with Crippen LogP contribution in [0.5, 0.6) is 0 Å². The fourth-order valence-corrected chi connectivity index (χ4v) is 2.66. The molecule has 2 N–H and O–H groups in total. The number of morpholine rings is 1. The van der Waals surface area contributed by atoms with E-state index in [-0.39, 0.29) is 0 Å². The van der Waals surface area contributed by atoms with Crippen molar-refractivity contribution in [2.45, 2.75) is 32.5 Å². The van der Waals surface area contributed by atoms with E-state index in [2.05, 4.69) is 22.2 Å². The Kier molecular flexibility index (Phi) is 4.29. The summed E-state index contributed by atoms with van der Waals surface area (Å²) in [5.41, 5.74) is 6.71. The largest absolute Gasteiger partial charge is 0.378 e. The summed E-state index contributed by atoms with van der Waals surface area (Å²) in [4.78, 5) is 6.96. The van der Waals surface area contributed by atoms with E-state index < -0.39 is 0 Å². The Morgan fingerprint density at radius 1 is 1.69 bits per heavy atom. The number of hydrogen-bond acceptors (Lipinski definition) is 5. The third-order valence-electron chi connectivity index (χ3n) is 2.96. The molecule has 90 valence electrons. The summed E-state index contributed by atoms with van der Waals surface area (Å²) in [5.74, 6) is 0. The molecule has 0 saturated carbocycles. The highest BCUT2D eigenvalue weighted by atomic mass is 32.1. The van der Waals surface area contributed by atoms with E-state index in [0.717, 1.165) is 43.4 Å². The van der Waals surface area contributed by atoms with Gasteiger partial charge in [-0.25, -0.2) is 4.98 Å². The molecule has 1 aromatic heterocycles. The van der Waals surface area contributed by atoms with Crippen LogP contribution in [-0.2, 0) is 17.8 Å². The van der Waals surface area contributed by atoms with Crippen LogP contribution in [0, 0.1) is 0 Å². The molecule has 4 nitrogen and oxygen atoms in total. The van der Waals surface area contributed by atoms with Crippen LogP contribution in [0.15, 0.2) is 5.38 Å². The van der Waals surface area contributed by atoms with Gasteiger partial charge in [0.2, 0.25) is 0 Å². The summed E-state index contributed by atoms with van der Waals surface area (Å²) in [6.07, 6.45) is 1.13. The maximum atomic E-state index is 5.56. The highest BCUT2D eigenvalue weighted by Gasteiger charge is 2.21. The summed E-state index contributed by atoms with van der Waals surface area (Å²) < 4.78 is 5.49. The van der Waals surface area contributed by atoms with Gasteiger partial charge in [0.25, 0.3) is 0 Å². The first-order chi connectivity index (χ1) is 7.83. The summed E-state index contributed by atoms with van der Waals surface area (Å²) in [7, 11) is 0. The van der Waals surface area contributed by atoms with Crippen molar-refractivity contribution in [3.63, 3.8) is 0 Å². The molecule has 2 rings (SSSR count). The lowest BCUT2D eigenvalue weighted by molar-refractivity contribution is -0.0132. The summed E-state index contributed by atoms with van der Waals surface area (Å²) in [6, 6.07) is 0.539.